The average Bonchev–Trinajstić information content (AvgIpc) is 2.42. The maximum Gasteiger partial charge on any atom is 0.00991 e. The number of hydrogen-bond acceptors (Lipinski definition) is 2. The Hall–Kier alpha value is -0.0800. The molecule has 2 nitrogen and oxygen atoms in total. The third-order valence-corrected chi connectivity index (χ3v) is 4.72. The molecule has 1 heterocycles. The minimum Gasteiger partial charge on any atom is -0.327 e. The van der Waals surface area contributed by atoms with Gasteiger partial charge in [0.2, 0.25) is 0 Å². The summed E-state index contributed by atoms with van der Waals surface area (Å²) < 4.78 is 0. The number of rotatable bonds is 1. The van der Waals surface area contributed by atoms with E-state index in [4.69, 9.17) is 5.73 Å². The Balaban J connectivity index is 1.97. The van der Waals surface area contributed by atoms with Gasteiger partial charge >= 0.3 is 0 Å². The van der Waals surface area contributed by atoms with Crippen molar-refractivity contribution in [2.75, 3.05) is 13.1 Å². The first kappa shape index (κ1) is 11.4. The Kier molecular flexibility index (Phi) is 3.09. The van der Waals surface area contributed by atoms with Crippen LogP contribution in [-0.4, -0.2) is 30.1 Å². The van der Waals surface area contributed by atoms with Crippen LogP contribution < -0.4 is 5.73 Å². The summed E-state index contributed by atoms with van der Waals surface area (Å²) in [5.41, 5.74) is 6.84. The van der Waals surface area contributed by atoms with E-state index < -0.39 is 0 Å². The zero-order valence-corrected chi connectivity index (χ0v) is 10.5. The van der Waals surface area contributed by atoms with Crippen molar-refractivity contribution in [3.63, 3.8) is 0 Å². The molecule has 1 spiro atoms. The van der Waals surface area contributed by atoms with Crippen LogP contribution in [0, 0.1) is 11.3 Å². The van der Waals surface area contributed by atoms with Crippen molar-refractivity contribution < 1.29 is 0 Å². The first-order chi connectivity index (χ1) is 7.03. The van der Waals surface area contributed by atoms with Gasteiger partial charge in [-0.1, -0.05) is 6.92 Å². The largest absolute Gasteiger partial charge is 0.327 e. The summed E-state index contributed by atoms with van der Waals surface area (Å²) in [7, 11) is 0. The molecule has 88 valence electrons. The minimum absolute atomic E-state index is 0.474. The second-order valence-electron chi connectivity index (χ2n) is 6.14. The molecule has 15 heavy (non-hydrogen) atoms. The molecule has 2 N–H and O–H groups in total. The maximum atomic E-state index is 6.34. The average molecular weight is 210 g/mol. The summed E-state index contributed by atoms with van der Waals surface area (Å²) >= 11 is 0. The predicted molar refractivity (Wildman–Crippen MR) is 64.7 cm³/mol. The van der Waals surface area contributed by atoms with Crippen molar-refractivity contribution in [3.8, 4) is 0 Å². The fourth-order valence-electron chi connectivity index (χ4n) is 3.67. The van der Waals surface area contributed by atoms with Crippen molar-refractivity contribution >= 4 is 0 Å². The summed E-state index contributed by atoms with van der Waals surface area (Å²) in [4.78, 5) is 2.60. The van der Waals surface area contributed by atoms with Gasteiger partial charge < -0.3 is 10.6 Å². The Morgan fingerprint density at radius 1 is 1.27 bits per heavy atom. The van der Waals surface area contributed by atoms with Gasteiger partial charge in [0.15, 0.2) is 0 Å². The molecule has 1 aliphatic heterocycles. The number of hydrogen-bond donors (Lipinski definition) is 1. The molecule has 0 unspecified atom stereocenters. The highest BCUT2D eigenvalue weighted by atomic mass is 15.2. The molecule has 0 radical (unpaired) electrons. The first-order valence-corrected chi connectivity index (χ1v) is 6.53. The summed E-state index contributed by atoms with van der Waals surface area (Å²) in [6.45, 7) is 9.49. The lowest BCUT2D eigenvalue weighted by Crippen LogP contribution is -2.48. The van der Waals surface area contributed by atoms with Gasteiger partial charge in [0.1, 0.15) is 0 Å². The van der Waals surface area contributed by atoms with Gasteiger partial charge in [-0.15, -0.1) is 0 Å². The standard InChI is InChI=1S/C13H26N2/c1-10(2)15-6-4-13(5-7-15)9-11(3)8-12(13)14/h10-12H,4-9,14H2,1-3H3/t11-,12+/m0/s1. The lowest BCUT2D eigenvalue weighted by Gasteiger charge is -2.43. The molecule has 2 fully saturated rings. The molecule has 0 aromatic rings. The van der Waals surface area contributed by atoms with Gasteiger partial charge in [-0.05, 0) is 64.0 Å². The van der Waals surface area contributed by atoms with E-state index in [1.807, 2.05) is 0 Å². The van der Waals surface area contributed by atoms with E-state index in [1.165, 1.54) is 38.8 Å². The molecule has 0 aromatic carbocycles. The van der Waals surface area contributed by atoms with Gasteiger partial charge in [-0.3, -0.25) is 0 Å². The normalized spacial score (nSPS) is 36.6. The first-order valence-electron chi connectivity index (χ1n) is 6.53. The summed E-state index contributed by atoms with van der Waals surface area (Å²) in [6, 6.07) is 1.18. The quantitative estimate of drug-likeness (QED) is 0.719. The van der Waals surface area contributed by atoms with Gasteiger partial charge in [0.25, 0.3) is 0 Å². The highest BCUT2D eigenvalue weighted by Crippen LogP contribution is 2.48. The highest BCUT2D eigenvalue weighted by Gasteiger charge is 2.45. The summed E-state index contributed by atoms with van der Waals surface area (Å²) in [6.07, 6.45) is 5.29. The number of likely N-dealkylation sites (tertiary alicyclic amines) is 1. The van der Waals surface area contributed by atoms with Crippen molar-refractivity contribution in [1.29, 1.82) is 0 Å². The van der Waals surface area contributed by atoms with Gasteiger partial charge in [0, 0.05) is 12.1 Å². The Labute approximate surface area is 94.2 Å². The molecule has 2 rings (SSSR count). The van der Waals surface area contributed by atoms with Crippen LogP contribution in [0.4, 0.5) is 0 Å². The molecule has 1 saturated heterocycles. The van der Waals surface area contributed by atoms with Crippen LogP contribution in [0.15, 0.2) is 0 Å². The molecular weight excluding hydrogens is 184 g/mol. The van der Waals surface area contributed by atoms with Gasteiger partial charge in [-0.25, -0.2) is 0 Å². The van der Waals surface area contributed by atoms with Crippen LogP contribution in [-0.2, 0) is 0 Å². The zero-order chi connectivity index (χ0) is 11.1. The molecule has 1 saturated carbocycles. The fraction of sp³-hybridized carbons (Fsp3) is 1.00. The van der Waals surface area contributed by atoms with Crippen LogP contribution in [0.2, 0.25) is 0 Å². The molecule has 1 aliphatic carbocycles. The lowest BCUT2D eigenvalue weighted by atomic mass is 9.74. The topological polar surface area (TPSA) is 29.3 Å². The predicted octanol–water partition coefficient (Wildman–Crippen LogP) is 2.23. The van der Waals surface area contributed by atoms with E-state index in [0.717, 1.165) is 5.92 Å². The molecule has 0 aromatic heterocycles. The van der Waals surface area contributed by atoms with Crippen LogP contribution in [0.5, 0.6) is 0 Å². The number of nitrogens with two attached hydrogens (primary N) is 1. The zero-order valence-electron chi connectivity index (χ0n) is 10.5. The monoisotopic (exact) mass is 210 g/mol. The van der Waals surface area contributed by atoms with Crippen LogP contribution in [0.1, 0.15) is 46.5 Å². The van der Waals surface area contributed by atoms with Crippen molar-refractivity contribution in [2.45, 2.75) is 58.5 Å². The van der Waals surface area contributed by atoms with E-state index in [2.05, 4.69) is 25.7 Å². The third-order valence-electron chi connectivity index (χ3n) is 4.72. The van der Waals surface area contributed by atoms with Crippen molar-refractivity contribution in [2.24, 2.45) is 17.1 Å². The molecule has 2 aliphatic rings. The summed E-state index contributed by atoms with van der Waals surface area (Å²) in [5, 5.41) is 0. The van der Waals surface area contributed by atoms with E-state index in [-0.39, 0.29) is 0 Å². The van der Waals surface area contributed by atoms with Gasteiger partial charge in [0.05, 0.1) is 0 Å². The summed E-state index contributed by atoms with van der Waals surface area (Å²) in [5.74, 6) is 0.852. The van der Waals surface area contributed by atoms with E-state index >= 15 is 0 Å². The number of piperidine rings is 1. The second-order valence-corrected chi connectivity index (χ2v) is 6.14. The van der Waals surface area contributed by atoms with E-state index in [0.29, 0.717) is 17.5 Å². The Morgan fingerprint density at radius 2 is 1.87 bits per heavy atom. The minimum atomic E-state index is 0.474. The van der Waals surface area contributed by atoms with Crippen LogP contribution in [0.25, 0.3) is 0 Å². The fourth-order valence-corrected chi connectivity index (χ4v) is 3.67. The highest BCUT2D eigenvalue weighted by molar-refractivity contribution is 5.00. The van der Waals surface area contributed by atoms with Gasteiger partial charge in [-0.2, -0.15) is 0 Å². The molecule has 2 atom stereocenters. The van der Waals surface area contributed by atoms with Crippen molar-refractivity contribution in [3.05, 3.63) is 0 Å². The lowest BCUT2D eigenvalue weighted by molar-refractivity contribution is 0.0739. The van der Waals surface area contributed by atoms with Crippen LogP contribution in [0.3, 0.4) is 0 Å². The SMILES string of the molecule is CC(C)N1CCC2(CC1)C[C@@H](C)C[C@H]2N. The molecule has 2 heteroatoms. The molecular formula is C13H26N2. The smallest absolute Gasteiger partial charge is 0.00991 e. The molecule has 0 amide bonds. The number of nitrogens with zero attached hydrogens (tertiary/aromatic N) is 1. The van der Waals surface area contributed by atoms with E-state index in [9.17, 15) is 0 Å². The van der Waals surface area contributed by atoms with E-state index in [1.54, 1.807) is 0 Å². The Morgan fingerprint density at radius 3 is 2.27 bits per heavy atom. The van der Waals surface area contributed by atoms with Crippen LogP contribution >= 0.6 is 0 Å². The second kappa shape index (κ2) is 4.06. The third kappa shape index (κ3) is 2.07. The maximum absolute atomic E-state index is 6.34. The molecule has 0 bridgehead atoms. The Bertz CT molecular complexity index is 217. The van der Waals surface area contributed by atoms with Crippen molar-refractivity contribution in [1.82, 2.24) is 4.90 Å².